The van der Waals surface area contributed by atoms with Crippen molar-refractivity contribution in [3.05, 3.63) is 29.8 Å². The summed E-state index contributed by atoms with van der Waals surface area (Å²) in [6.45, 7) is 8.46. The zero-order chi connectivity index (χ0) is 14.4. The third-order valence-corrected chi connectivity index (χ3v) is 4.02. The highest BCUT2D eigenvalue weighted by Crippen LogP contribution is 2.18. The largest absolute Gasteiger partial charge is 0.492 e. The molecule has 0 radical (unpaired) electrons. The molecule has 4 nitrogen and oxygen atoms in total. The molecule has 1 aliphatic rings. The standard InChI is InChI=1S/C16H27N3O/c1-3-16(17)14-4-6-15(7-5-14)20-13-12-19-10-8-18(2)9-11-19/h4-7,16H,3,8-13,17H2,1-2H3/t16-/m0/s1. The summed E-state index contributed by atoms with van der Waals surface area (Å²) in [7, 11) is 2.18. The van der Waals surface area contributed by atoms with Crippen molar-refractivity contribution in [2.45, 2.75) is 19.4 Å². The van der Waals surface area contributed by atoms with E-state index in [4.69, 9.17) is 10.5 Å². The summed E-state index contributed by atoms with van der Waals surface area (Å²) in [5, 5.41) is 0. The average molecular weight is 277 g/mol. The van der Waals surface area contributed by atoms with E-state index in [-0.39, 0.29) is 6.04 Å². The highest BCUT2D eigenvalue weighted by atomic mass is 16.5. The van der Waals surface area contributed by atoms with Crippen molar-refractivity contribution >= 4 is 0 Å². The van der Waals surface area contributed by atoms with Crippen molar-refractivity contribution < 1.29 is 4.74 Å². The molecule has 4 heteroatoms. The van der Waals surface area contributed by atoms with E-state index in [0.29, 0.717) is 0 Å². The number of nitrogens with two attached hydrogens (primary N) is 1. The minimum atomic E-state index is 0.134. The van der Waals surface area contributed by atoms with Gasteiger partial charge < -0.3 is 15.4 Å². The van der Waals surface area contributed by atoms with Gasteiger partial charge in [0.2, 0.25) is 0 Å². The Bertz CT molecular complexity index is 385. The van der Waals surface area contributed by atoms with Gasteiger partial charge in [-0.05, 0) is 31.2 Å². The lowest BCUT2D eigenvalue weighted by Crippen LogP contribution is -2.45. The van der Waals surface area contributed by atoms with Crippen molar-refractivity contribution in [3.63, 3.8) is 0 Å². The molecule has 0 aromatic heterocycles. The monoisotopic (exact) mass is 277 g/mol. The van der Waals surface area contributed by atoms with Gasteiger partial charge in [0.15, 0.2) is 0 Å². The van der Waals surface area contributed by atoms with E-state index in [2.05, 4.69) is 35.9 Å². The van der Waals surface area contributed by atoms with E-state index < -0.39 is 0 Å². The van der Waals surface area contributed by atoms with Crippen LogP contribution < -0.4 is 10.5 Å². The predicted molar refractivity (Wildman–Crippen MR) is 83.1 cm³/mol. The number of ether oxygens (including phenoxy) is 1. The van der Waals surface area contributed by atoms with E-state index in [0.717, 1.165) is 51.5 Å². The van der Waals surface area contributed by atoms with Gasteiger partial charge in [-0.1, -0.05) is 19.1 Å². The minimum absolute atomic E-state index is 0.134. The molecule has 0 bridgehead atoms. The quantitative estimate of drug-likeness (QED) is 0.860. The Kier molecular flexibility index (Phi) is 5.83. The molecule has 1 saturated heterocycles. The SMILES string of the molecule is CC[C@H](N)c1ccc(OCCN2CCN(C)CC2)cc1. The lowest BCUT2D eigenvalue weighted by atomic mass is 10.1. The van der Waals surface area contributed by atoms with Crippen LogP contribution in [0.3, 0.4) is 0 Å². The molecule has 20 heavy (non-hydrogen) atoms. The van der Waals surface area contributed by atoms with E-state index >= 15 is 0 Å². The second kappa shape index (κ2) is 7.62. The summed E-state index contributed by atoms with van der Waals surface area (Å²) < 4.78 is 5.81. The Morgan fingerprint density at radius 3 is 2.40 bits per heavy atom. The van der Waals surface area contributed by atoms with Crippen LogP contribution in [0.15, 0.2) is 24.3 Å². The molecule has 0 spiro atoms. The maximum Gasteiger partial charge on any atom is 0.119 e. The first kappa shape index (κ1) is 15.3. The van der Waals surface area contributed by atoms with Gasteiger partial charge in [-0.3, -0.25) is 4.90 Å². The first-order valence-corrected chi connectivity index (χ1v) is 7.58. The number of benzene rings is 1. The number of nitrogens with zero attached hydrogens (tertiary/aromatic N) is 2. The van der Waals surface area contributed by atoms with Crippen molar-refractivity contribution in [2.24, 2.45) is 5.73 Å². The molecule has 1 fully saturated rings. The van der Waals surface area contributed by atoms with Crippen molar-refractivity contribution in [2.75, 3.05) is 46.4 Å². The van der Waals surface area contributed by atoms with Gasteiger partial charge >= 0.3 is 0 Å². The first-order valence-electron chi connectivity index (χ1n) is 7.58. The summed E-state index contributed by atoms with van der Waals surface area (Å²) in [5.74, 6) is 0.936. The van der Waals surface area contributed by atoms with Crippen LogP contribution in [-0.4, -0.2) is 56.2 Å². The Hall–Kier alpha value is -1.10. The van der Waals surface area contributed by atoms with Crippen LogP contribution in [0.5, 0.6) is 5.75 Å². The normalized spacial score (nSPS) is 18.9. The van der Waals surface area contributed by atoms with E-state index in [1.807, 2.05) is 12.1 Å². The van der Waals surface area contributed by atoms with Crippen LogP contribution in [-0.2, 0) is 0 Å². The van der Waals surface area contributed by atoms with Gasteiger partial charge in [-0.2, -0.15) is 0 Å². The number of rotatable bonds is 6. The van der Waals surface area contributed by atoms with Gasteiger partial charge in [0.05, 0.1) is 0 Å². The molecule has 0 unspecified atom stereocenters. The third kappa shape index (κ3) is 4.47. The fourth-order valence-electron chi connectivity index (χ4n) is 2.41. The van der Waals surface area contributed by atoms with Crippen LogP contribution >= 0.6 is 0 Å². The maximum absolute atomic E-state index is 6.00. The summed E-state index contributed by atoms with van der Waals surface area (Å²) in [6.07, 6.45) is 0.962. The lowest BCUT2D eigenvalue weighted by Gasteiger charge is -2.32. The van der Waals surface area contributed by atoms with Crippen LogP contribution in [0.4, 0.5) is 0 Å². The Morgan fingerprint density at radius 1 is 1.15 bits per heavy atom. The average Bonchev–Trinajstić information content (AvgIpc) is 2.49. The number of hydrogen-bond acceptors (Lipinski definition) is 4. The molecule has 0 amide bonds. The van der Waals surface area contributed by atoms with E-state index in [1.54, 1.807) is 0 Å². The molecule has 1 aromatic rings. The molecular formula is C16H27N3O. The molecular weight excluding hydrogens is 250 g/mol. The highest BCUT2D eigenvalue weighted by Gasteiger charge is 2.13. The second-order valence-corrected chi connectivity index (χ2v) is 5.58. The fraction of sp³-hybridized carbons (Fsp3) is 0.625. The van der Waals surface area contributed by atoms with Crippen LogP contribution in [0.25, 0.3) is 0 Å². The Morgan fingerprint density at radius 2 is 1.80 bits per heavy atom. The molecule has 1 heterocycles. The second-order valence-electron chi connectivity index (χ2n) is 5.58. The first-order chi connectivity index (χ1) is 9.69. The van der Waals surface area contributed by atoms with Crippen LogP contribution in [0, 0.1) is 0 Å². The molecule has 2 N–H and O–H groups in total. The lowest BCUT2D eigenvalue weighted by molar-refractivity contribution is 0.133. The summed E-state index contributed by atoms with van der Waals surface area (Å²) >= 11 is 0. The molecule has 0 aliphatic carbocycles. The van der Waals surface area contributed by atoms with Crippen LogP contribution in [0.1, 0.15) is 24.9 Å². The molecule has 1 atom stereocenters. The zero-order valence-corrected chi connectivity index (χ0v) is 12.7. The number of piperazine rings is 1. The number of likely N-dealkylation sites (N-methyl/N-ethyl adjacent to an activating group) is 1. The molecule has 112 valence electrons. The maximum atomic E-state index is 6.00. The Balaban J connectivity index is 1.71. The van der Waals surface area contributed by atoms with Gasteiger partial charge in [-0.15, -0.1) is 0 Å². The predicted octanol–water partition coefficient (Wildman–Crippen LogP) is 1.72. The highest BCUT2D eigenvalue weighted by molar-refractivity contribution is 5.28. The van der Waals surface area contributed by atoms with Gasteiger partial charge in [0.1, 0.15) is 12.4 Å². The smallest absolute Gasteiger partial charge is 0.119 e. The molecule has 1 aliphatic heterocycles. The number of hydrogen-bond donors (Lipinski definition) is 1. The molecule has 0 saturated carbocycles. The summed E-state index contributed by atoms with van der Waals surface area (Å²) in [5.41, 5.74) is 7.18. The molecule has 2 rings (SSSR count). The Labute approximate surface area is 122 Å². The van der Waals surface area contributed by atoms with Crippen LogP contribution in [0.2, 0.25) is 0 Å². The van der Waals surface area contributed by atoms with E-state index in [1.165, 1.54) is 5.56 Å². The van der Waals surface area contributed by atoms with Crippen molar-refractivity contribution in [3.8, 4) is 5.75 Å². The van der Waals surface area contributed by atoms with Gasteiger partial charge in [-0.25, -0.2) is 0 Å². The third-order valence-electron chi connectivity index (χ3n) is 4.02. The minimum Gasteiger partial charge on any atom is -0.492 e. The van der Waals surface area contributed by atoms with Crippen molar-refractivity contribution in [1.82, 2.24) is 9.80 Å². The van der Waals surface area contributed by atoms with Gasteiger partial charge in [0, 0.05) is 38.8 Å². The van der Waals surface area contributed by atoms with Crippen molar-refractivity contribution in [1.29, 1.82) is 0 Å². The topological polar surface area (TPSA) is 41.7 Å². The summed E-state index contributed by atoms with van der Waals surface area (Å²) in [4.78, 5) is 4.83. The van der Waals surface area contributed by atoms with Gasteiger partial charge in [0.25, 0.3) is 0 Å². The molecule has 1 aromatic carbocycles. The van der Waals surface area contributed by atoms with E-state index in [9.17, 15) is 0 Å². The zero-order valence-electron chi connectivity index (χ0n) is 12.7. The summed E-state index contributed by atoms with van der Waals surface area (Å²) in [6, 6.07) is 8.32. The fourth-order valence-corrected chi connectivity index (χ4v) is 2.41.